The molecule has 1 atom stereocenters. The highest BCUT2D eigenvalue weighted by molar-refractivity contribution is 5.57. The van der Waals surface area contributed by atoms with Crippen LogP contribution in [0.1, 0.15) is 18.4 Å². The summed E-state index contributed by atoms with van der Waals surface area (Å²) < 4.78 is 0. The molecular formula is C13H19N3O2. The fraction of sp³-hybridized carbons (Fsp3) is 0.538. The number of hydrogen-bond donors (Lipinski definition) is 1. The summed E-state index contributed by atoms with van der Waals surface area (Å²) in [7, 11) is 1.94. The Morgan fingerprint density at radius 3 is 2.94 bits per heavy atom. The normalized spacial score (nSPS) is 19.2. The van der Waals surface area contributed by atoms with E-state index < -0.39 is 0 Å². The smallest absolute Gasteiger partial charge is 0.271 e. The van der Waals surface area contributed by atoms with Gasteiger partial charge in [-0.05, 0) is 38.4 Å². The van der Waals surface area contributed by atoms with Crippen LogP contribution in [0.4, 0.5) is 11.4 Å². The molecule has 5 nitrogen and oxygen atoms in total. The molecule has 0 bridgehead atoms. The van der Waals surface area contributed by atoms with E-state index in [0.29, 0.717) is 6.04 Å². The molecule has 1 aromatic rings. The number of benzene rings is 1. The number of nitrogens with zero attached hydrogens (tertiary/aromatic N) is 2. The maximum Gasteiger partial charge on any atom is 0.271 e. The quantitative estimate of drug-likeness (QED) is 0.655. The van der Waals surface area contributed by atoms with E-state index in [9.17, 15) is 10.1 Å². The molecule has 0 aromatic heterocycles. The predicted molar refractivity (Wildman–Crippen MR) is 72.1 cm³/mol. The minimum absolute atomic E-state index is 0.181. The van der Waals surface area contributed by atoms with Gasteiger partial charge in [-0.15, -0.1) is 0 Å². The Kier molecular flexibility index (Phi) is 3.81. The summed E-state index contributed by atoms with van der Waals surface area (Å²) >= 11 is 0. The van der Waals surface area contributed by atoms with Gasteiger partial charge in [0.1, 0.15) is 0 Å². The molecule has 98 valence electrons. The number of rotatable bonds is 4. The van der Waals surface area contributed by atoms with Crippen LogP contribution in [0.25, 0.3) is 0 Å². The van der Waals surface area contributed by atoms with E-state index in [1.807, 2.05) is 20.0 Å². The Hall–Kier alpha value is -1.62. The number of nitro groups is 1. The third-order valence-corrected chi connectivity index (χ3v) is 3.41. The highest BCUT2D eigenvalue weighted by Gasteiger charge is 2.25. The first-order chi connectivity index (χ1) is 8.61. The van der Waals surface area contributed by atoms with Gasteiger partial charge in [0.15, 0.2) is 0 Å². The summed E-state index contributed by atoms with van der Waals surface area (Å²) in [4.78, 5) is 12.9. The summed E-state index contributed by atoms with van der Waals surface area (Å²) in [6.45, 7) is 3.80. The fourth-order valence-corrected chi connectivity index (χ4v) is 2.64. The van der Waals surface area contributed by atoms with Gasteiger partial charge in [-0.1, -0.05) is 0 Å². The molecule has 1 heterocycles. The van der Waals surface area contributed by atoms with Gasteiger partial charge in [0.2, 0.25) is 0 Å². The maximum absolute atomic E-state index is 10.9. The second-order valence-corrected chi connectivity index (χ2v) is 4.83. The van der Waals surface area contributed by atoms with E-state index in [1.165, 1.54) is 0 Å². The Morgan fingerprint density at radius 1 is 1.50 bits per heavy atom. The average Bonchev–Trinajstić information content (AvgIpc) is 2.77. The zero-order valence-electron chi connectivity index (χ0n) is 10.8. The van der Waals surface area contributed by atoms with Crippen LogP contribution in [-0.4, -0.2) is 31.1 Å². The van der Waals surface area contributed by atoms with Crippen LogP contribution in [0.15, 0.2) is 18.2 Å². The Morgan fingerprint density at radius 2 is 2.28 bits per heavy atom. The van der Waals surface area contributed by atoms with Crippen molar-refractivity contribution in [3.63, 3.8) is 0 Å². The Labute approximate surface area is 107 Å². The third-order valence-electron chi connectivity index (χ3n) is 3.41. The lowest BCUT2D eigenvalue weighted by molar-refractivity contribution is -0.384. The van der Waals surface area contributed by atoms with Crippen LogP contribution in [0.5, 0.6) is 0 Å². The summed E-state index contributed by atoms with van der Waals surface area (Å²) in [5, 5.41) is 14.1. The molecule has 0 saturated carbocycles. The molecular weight excluding hydrogens is 230 g/mol. The summed E-state index contributed by atoms with van der Waals surface area (Å²) in [6, 6.07) is 5.77. The highest BCUT2D eigenvalue weighted by Crippen LogP contribution is 2.29. The van der Waals surface area contributed by atoms with Crippen molar-refractivity contribution in [3.05, 3.63) is 33.9 Å². The van der Waals surface area contributed by atoms with Crippen molar-refractivity contribution in [2.45, 2.75) is 25.8 Å². The number of aryl methyl sites for hydroxylation is 1. The van der Waals surface area contributed by atoms with E-state index >= 15 is 0 Å². The molecule has 1 N–H and O–H groups in total. The first kappa shape index (κ1) is 12.8. The second kappa shape index (κ2) is 5.35. The van der Waals surface area contributed by atoms with Crippen molar-refractivity contribution >= 4 is 11.4 Å². The molecule has 1 fully saturated rings. The fourth-order valence-electron chi connectivity index (χ4n) is 2.64. The molecule has 1 saturated heterocycles. The minimum Gasteiger partial charge on any atom is -0.367 e. The van der Waals surface area contributed by atoms with E-state index in [0.717, 1.165) is 37.2 Å². The van der Waals surface area contributed by atoms with E-state index in [-0.39, 0.29) is 10.6 Å². The Balaban J connectivity index is 2.29. The van der Waals surface area contributed by atoms with Gasteiger partial charge >= 0.3 is 0 Å². The van der Waals surface area contributed by atoms with E-state index in [1.54, 1.807) is 12.1 Å². The molecule has 1 aliphatic rings. The van der Waals surface area contributed by atoms with Crippen molar-refractivity contribution in [1.29, 1.82) is 0 Å². The zero-order valence-corrected chi connectivity index (χ0v) is 10.8. The van der Waals surface area contributed by atoms with Crippen molar-refractivity contribution in [3.8, 4) is 0 Å². The lowest BCUT2D eigenvalue weighted by Crippen LogP contribution is -2.36. The number of likely N-dealkylation sites (N-methyl/N-ethyl adjacent to an activating group) is 1. The predicted octanol–water partition coefficient (Wildman–Crippen LogP) is 2.09. The lowest BCUT2D eigenvalue weighted by Gasteiger charge is -2.26. The van der Waals surface area contributed by atoms with Crippen LogP contribution < -0.4 is 10.2 Å². The lowest BCUT2D eigenvalue weighted by atomic mass is 10.1. The number of nitrogens with one attached hydrogen (secondary N) is 1. The Bertz CT molecular complexity index is 448. The first-order valence-electron chi connectivity index (χ1n) is 6.29. The molecule has 1 unspecified atom stereocenters. The molecule has 0 amide bonds. The van der Waals surface area contributed by atoms with Crippen LogP contribution in [0.2, 0.25) is 0 Å². The summed E-state index contributed by atoms with van der Waals surface area (Å²) in [5.74, 6) is 0. The van der Waals surface area contributed by atoms with Gasteiger partial charge in [0, 0.05) is 37.0 Å². The van der Waals surface area contributed by atoms with E-state index in [4.69, 9.17) is 0 Å². The van der Waals surface area contributed by atoms with Gasteiger partial charge in [-0.25, -0.2) is 0 Å². The topological polar surface area (TPSA) is 58.4 Å². The molecule has 18 heavy (non-hydrogen) atoms. The summed E-state index contributed by atoms with van der Waals surface area (Å²) in [5.41, 5.74) is 2.09. The number of hydrogen-bond acceptors (Lipinski definition) is 4. The second-order valence-electron chi connectivity index (χ2n) is 4.83. The monoisotopic (exact) mass is 249 g/mol. The molecule has 0 aliphatic carbocycles. The standard InChI is InChI=1S/C13H19N3O2/c1-10-6-12(8-13(7-10)16(17)18)15-5-3-4-11(15)9-14-2/h6-8,11,14H,3-5,9H2,1-2H3. The highest BCUT2D eigenvalue weighted by atomic mass is 16.6. The van der Waals surface area contributed by atoms with Gasteiger partial charge < -0.3 is 10.2 Å². The van der Waals surface area contributed by atoms with Crippen LogP contribution in [-0.2, 0) is 0 Å². The molecule has 5 heteroatoms. The van der Waals surface area contributed by atoms with Crippen LogP contribution >= 0.6 is 0 Å². The van der Waals surface area contributed by atoms with Crippen molar-refractivity contribution in [2.24, 2.45) is 0 Å². The summed E-state index contributed by atoms with van der Waals surface area (Å²) in [6.07, 6.45) is 2.29. The number of anilines is 1. The first-order valence-corrected chi connectivity index (χ1v) is 6.29. The van der Waals surface area contributed by atoms with Crippen LogP contribution in [0, 0.1) is 17.0 Å². The molecule has 1 aromatic carbocycles. The van der Waals surface area contributed by atoms with E-state index in [2.05, 4.69) is 10.2 Å². The largest absolute Gasteiger partial charge is 0.367 e. The van der Waals surface area contributed by atoms with Gasteiger partial charge in [0.25, 0.3) is 5.69 Å². The van der Waals surface area contributed by atoms with Gasteiger partial charge in [-0.3, -0.25) is 10.1 Å². The molecule has 0 spiro atoms. The van der Waals surface area contributed by atoms with Gasteiger partial charge in [0.05, 0.1) is 4.92 Å². The van der Waals surface area contributed by atoms with Crippen LogP contribution in [0.3, 0.4) is 0 Å². The molecule has 1 aliphatic heterocycles. The van der Waals surface area contributed by atoms with Crippen molar-refractivity contribution in [2.75, 3.05) is 25.0 Å². The number of nitro benzene ring substituents is 1. The van der Waals surface area contributed by atoms with Crippen molar-refractivity contribution < 1.29 is 4.92 Å². The molecule has 0 radical (unpaired) electrons. The molecule has 2 rings (SSSR count). The van der Waals surface area contributed by atoms with Gasteiger partial charge in [-0.2, -0.15) is 0 Å². The van der Waals surface area contributed by atoms with Crippen molar-refractivity contribution in [1.82, 2.24) is 5.32 Å². The minimum atomic E-state index is -0.320. The third kappa shape index (κ3) is 2.61. The SMILES string of the molecule is CNCC1CCCN1c1cc(C)cc([N+](=O)[O-])c1. The zero-order chi connectivity index (χ0) is 13.1. The average molecular weight is 249 g/mol. The number of non-ortho nitro benzene ring substituents is 1. The maximum atomic E-state index is 10.9.